The molecule has 25 nitrogen and oxygen atoms in total. The van der Waals surface area contributed by atoms with E-state index < -0.39 is 54.7 Å². The van der Waals surface area contributed by atoms with Crippen molar-refractivity contribution in [2.24, 2.45) is 17.8 Å². The third kappa shape index (κ3) is 34.3. The largest absolute Gasteiger partial charge is 0.480 e. The summed E-state index contributed by atoms with van der Waals surface area (Å²) in [4.78, 5) is 139. The molecule has 8 aromatic carbocycles. The molecular weight excluding hydrogens is 1910 g/mol. The number of Topliss-reactive ketones (excluding diaryl/α,β-unsaturated/α-hetero) is 4. The van der Waals surface area contributed by atoms with Gasteiger partial charge >= 0.3 is 24.0 Å². The highest BCUT2D eigenvalue weighted by Gasteiger charge is 2.41. The Morgan fingerprint density at radius 1 is 0.415 bits per heavy atom. The van der Waals surface area contributed by atoms with Crippen molar-refractivity contribution in [2.75, 3.05) is 164 Å². The molecule has 3 amide bonds. The normalized spacial score (nSPS) is 16.7. The SMILES string of the molecule is BrBr.BrCc1ccccc1.CC(=O)c1ccc(N2CCN(Cc3ccccc3)CC2)cc1.CC(=O)c1ccc(N2CCNCC2)cc1.COC(=O)C[C@H](C(=O)N1CCC[C@H]1C(=O)O)C(C)C.COC(=O)N[C@H](C(=O)N1CCC[C@H]1C(=O)OCC(=O)c1ccc(N2CCN(Cc3ccccc3)CC2)cc1)C(C)C.O=C(CBr)c1ccc(N2CCN(Cc3ccccc3)CC2)cc1. The minimum absolute atomic E-state index is 0.00413. The zero-order valence-electron chi connectivity index (χ0n) is 76.0. The molecule has 8 aromatic rings. The van der Waals surface area contributed by atoms with Gasteiger partial charge in [-0.25, -0.2) is 14.4 Å². The first kappa shape index (κ1) is 105. The first-order valence-corrected chi connectivity index (χ1v) is 50.5. The number of esters is 2. The predicted octanol–water partition coefficient (Wildman–Crippen LogP) is 16.4. The maximum absolute atomic E-state index is 13.1. The van der Waals surface area contributed by atoms with E-state index in [9.17, 15) is 47.9 Å². The number of ketones is 4. The van der Waals surface area contributed by atoms with E-state index >= 15 is 0 Å². The number of nitrogens with one attached hydrogen (secondary N) is 2. The number of piperazine rings is 4. The number of methoxy groups -OCH3 is 2. The van der Waals surface area contributed by atoms with Crippen molar-refractivity contribution in [3.8, 4) is 0 Å². The maximum atomic E-state index is 13.1. The van der Waals surface area contributed by atoms with Crippen molar-refractivity contribution in [1.82, 2.24) is 35.1 Å². The summed E-state index contributed by atoms with van der Waals surface area (Å²) in [5.74, 6) is -3.36. The molecule has 0 spiro atoms. The zero-order valence-corrected chi connectivity index (χ0v) is 82.4. The average molecular weight is 2040 g/mol. The molecule has 6 aliphatic heterocycles. The smallest absolute Gasteiger partial charge is 0.407 e. The molecule has 6 saturated heterocycles. The molecule has 4 atom stereocenters. The first-order chi connectivity index (χ1) is 62.8. The van der Waals surface area contributed by atoms with Gasteiger partial charge in [0.05, 0.1) is 31.9 Å². The number of carboxylic acids is 1. The number of benzene rings is 8. The van der Waals surface area contributed by atoms with E-state index in [1.807, 2.05) is 98.8 Å². The topological polar surface area (TPSA) is 272 Å². The van der Waals surface area contributed by atoms with Crippen LogP contribution in [0.4, 0.5) is 27.5 Å². The molecule has 698 valence electrons. The molecule has 29 heteroatoms. The van der Waals surface area contributed by atoms with Gasteiger partial charge in [0, 0.05) is 216 Å². The van der Waals surface area contributed by atoms with Gasteiger partial charge in [0.2, 0.25) is 11.8 Å². The van der Waals surface area contributed by atoms with Crippen molar-refractivity contribution < 1.29 is 67.3 Å². The second kappa shape index (κ2) is 56.7. The summed E-state index contributed by atoms with van der Waals surface area (Å²) in [5.41, 5.74) is 12.9. The molecule has 3 N–H and O–H groups in total. The number of ether oxygens (including phenoxy) is 3. The highest BCUT2D eigenvalue weighted by molar-refractivity contribution is 9.93. The number of aliphatic carboxylic acids is 1. The van der Waals surface area contributed by atoms with Gasteiger partial charge in [-0.1, -0.05) is 181 Å². The van der Waals surface area contributed by atoms with Gasteiger partial charge in [0.1, 0.15) is 18.1 Å². The highest BCUT2D eigenvalue weighted by atomic mass is 80.9. The van der Waals surface area contributed by atoms with Crippen LogP contribution in [-0.2, 0) is 63.1 Å². The number of halogens is 4. The van der Waals surface area contributed by atoms with Crippen LogP contribution >= 0.6 is 60.1 Å². The summed E-state index contributed by atoms with van der Waals surface area (Å²) < 4.78 is 14.6. The molecule has 6 heterocycles. The molecule has 0 saturated carbocycles. The number of hydrogen-bond acceptors (Lipinski definition) is 21. The molecule has 0 aromatic heterocycles. The van der Waals surface area contributed by atoms with Crippen LogP contribution in [0.1, 0.15) is 137 Å². The number of amides is 3. The van der Waals surface area contributed by atoms with Crippen molar-refractivity contribution in [2.45, 2.75) is 117 Å². The number of likely N-dealkylation sites (tertiary alicyclic amines) is 2. The van der Waals surface area contributed by atoms with E-state index in [0.717, 1.165) is 152 Å². The summed E-state index contributed by atoms with van der Waals surface area (Å²) in [5, 5.41) is 16.3. The molecular formula is C101H127Br4N11O14. The van der Waals surface area contributed by atoms with Crippen molar-refractivity contribution in [1.29, 1.82) is 0 Å². The van der Waals surface area contributed by atoms with Crippen molar-refractivity contribution >= 4 is 142 Å². The fourth-order valence-corrected chi connectivity index (χ4v) is 16.7. The number of hydrogen-bond donors (Lipinski definition) is 3. The van der Waals surface area contributed by atoms with Crippen LogP contribution in [0.5, 0.6) is 0 Å². The summed E-state index contributed by atoms with van der Waals surface area (Å²) in [7, 11) is 2.51. The Bertz CT molecular complexity index is 4780. The summed E-state index contributed by atoms with van der Waals surface area (Å²) in [6, 6.07) is 70.8. The van der Waals surface area contributed by atoms with Crippen LogP contribution in [0.15, 0.2) is 218 Å². The summed E-state index contributed by atoms with van der Waals surface area (Å²) in [6.45, 7) is 30.2. The van der Waals surface area contributed by atoms with Crippen LogP contribution in [0.3, 0.4) is 0 Å². The molecule has 14 rings (SSSR count). The van der Waals surface area contributed by atoms with Crippen LogP contribution in [-0.4, -0.2) is 251 Å². The lowest BCUT2D eigenvalue weighted by molar-refractivity contribution is -0.153. The lowest BCUT2D eigenvalue weighted by Crippen LogP contribution is -2.54. The number of anilines is 4. The molecule has 6 fully saturated rings. The van der Waals surface area contributed by atoms with E-state index in [0.29, 0.717) is 49.7 Å². The summed E-state index contributed by atoms with van der Waals surface area (Å²) >= 11 is 12.1. The minimum Gasteiger partial charge on any atom is -0.480 e. The van der Waals surface area contributed by atoms with Crippen molar-refractivity contribution in [3.05, 3.63) is 263 Å². The Morgan fingerprint density at radius 3 is 1.08 bits per heavy atom. The number of nitrogens with zero attached hydrogens (tertiary/aromatic N) is 9. The number of carboxylic acid groups (broad SMARTS) is 1. The van der Waals surface area contributed by atoms with Gasteiger partial charge in [0.15, 0.2) is 29.7 Å². The number of alkyl halides is 2. The van der Waals surface area contributed by atoms with Gasteiger partial charge in [-0.15, -0.1) is 0 Å². The van der Waals surface area contributed by atoms with Gasteiger partial charge < -0.3 is 59.4 Å². The van der Waals surface area contributed by atoms with Crippen LogP contribution in [0, 0.1) is 17.8 Å². The molecule has 0 unspecified atom stereocenters. The fourth-order valence-electron chi connectivity index (χ4n) is 16.0. The molecule has 0 bridgehead atoms. The second-order valence-electron chi connectivity index (χ2n) is 33.2. The summed E-state index contributed by atoms with van der Waals surface area (Å²) in [6.07, 6.45) is 1.52. The molecule has 130 heavy (non-hydrogen) atoms. The Hall–Kier alpha value is -9.98. The predicted molar refractivity (Wildman–Crippen MR) is 529 cm³/mol. The van der Waals surface area contributed by atoms with E-state index in [4.69, 9.17) is 9.84 Å². The molecule has 6 aliphatic rings. The Morgan fingerprint density at radius 2 is 0.762 bits per heavy atom. The van der Waals surface area contributed by atoms with E-state index in [2.05, 4.69) is 236 Å². The minimum atomic E-state index is -0.980. The third-order valence-electron chi connectivity index (χ3n) is 23.6. The number of alkyl carbamates (subject to hydrolysis) is 1. The Labute approximate surface area is 799 Å². The van der Waals surface area contributed by atoms with Gasteiger partial charge in [-0.05, 0) is 171 Å². The fraction of sp³-hybridized carbons (Fsp3) is 0.426. The Balaban J connectivity index is 0.000000203. The average Bonchev–Trinajstić information content (AvgIpc) is 1.60. The van der Waals surface area contributed by atoms with Crippen molar-refractivity contribution in [3.63, 3.8) is 0 Å². The zero-order chi connectivity index (χ0) is 93.9. The van der Waals surface area contributed by atoms with Crippen LogP contribution in [0.25, 0.3) is 0 Å². The quantitative estimate of drug-likeness (QED) is 0.0187. The van der Waals surface area contributed by atoms with Gasteiger partial charge in [-0.3, -0.25) is 48.3 Å². The highest BCUT2D eigenvalue weighted by Crippen LogP contribution is 2.29. The number of rotatable bonds is 27. The van der Waals surface area contributed by atoms with E-state index in [1.54, 1.807) is 39.8 Å². The number of carbonyl (C=O) groups excluding carboxylic acids is 9. The first-order valence-electron chi connectivity index (χ1n) is 44.5. The van der Waals surface area contributed by atoms with Crippen LogP contribution < -0.4 is 30.2 Å². The molecule has 0 radical (unpaired) electrons. The second-order valence-corrected chi connectivity index (χ2v) is 34.3. The maximum Gasteiger partial charge on any atom is 0.407 e. The van der Waals surface area contributed by atoms with Crippen LogP contribution in [0.2, 0.25) is 0 Å². The monoisotopic (exact) mass is 2030 g/mol. The van der Waals surface area contributed by atoms with E-state index in [-0.39, 0.29) is 53.2 Å². The van der Waals surface area contributed by atoms with E-state index in [1.165, 1.54) is 63.3 Å². The lowest BCUT2D eigenvalue weighted by atomic mass is 9.91. The van der Waals surface area contributed by atoms with Gasteiger partial charge in [0.25, 0.3) is 0 Å². The standard InChI is InChI=1S/C31H40N4O6.C19H21BrN2O.C19H22N2O.C13H21NO5.C12H16N2O.C7H7Br.Br2/c1-22(2)28(32-31(39)40-3)29(37)35-15-7-10-26(35)30(38)41-21-27(36)24-11-13-25(14-12-24)34-18-16-33(17-19-34)20-23-8-5-4-6-9-23;20-14-19(23)17-6-8-18(9-7-17)22-12-10-21(11-13-22)15-16-4-2-1-3-5-16;1-16(22)18-7-9-19(10-8-18)21-13-11-20(12-14-21)15-17-5-3-2-4-6-17;1-8(2)9(7-11(15)19-3)12(16)14-6-4-5-10(14)13(17)18;1-10(15)11-2-4-12(5-3-11)14-8-6-13-7-9-14;8-6-7-4-2-1-3-5-7;1-2/h4-6,8-9,11-14,22,26,28H,7,10,15-21H2,1-3H3,(H,32,39);1-9H,10-15H2;2-10H,11-15H2,1H3;8-10H,4-7H2,1-3H3,(H,17,18);2-5,13H,6-9H2,1H3;1-5H,6H2;/t26-,28-;;;9-,10-;;;/m0..0.../s1. The lowest BCUT2D eigenvalue weighted by Gasteiger charge is -2.36. The third-order valence-corrected chi connectivity index (χ3v) is 24.7. The Kier molecular flexibility index (Phi) is 45.9. The molecule has 0 aliphatic carbocycles. The van der Waals surface area contributed by atoms with Gasteiger partial charge in [-0.2, -0.15) is 0 Å². The number of carbonyl (C=O) groups is 10.